The number of pyridine rings is 1. The van der Waals surface area contributed by atoms with E-state index in [1.54, 1.807) is 36.5 Å². The van der Waals surface area contributed by atoms with Crippen molar-refractivity contribution in [3.8, 4) is 5.75 Å². The molecule has 1 aromatic heterocycles. The molecule has 1 N–H and O–H groups in total. The van der Waals surface area contributed by atoms with Crippen molar-refractivity contribution >= 4 is 17.4 Å². The van der Waals surface area contributed by atoms with E-state index < -0.39 is 17.7 Å². The number of amides is 1. The third-order valence-electron chi connectivity index (χ3n) is 6.02. The van der Waals surface area contributed by atoms with Gasteiger partial charge in [0.15, 0.2) is 0 Å². The quantitative estimate of drug-likeness (QED) is 0.268. The molecule has 1 aliphatic rings. The zero-order valence-corrected chi connectivity index (χ0v) is 19.5. The average Bonchev–Trinajstić information content (AvgIpc) is 3.04. The van der Waals surface area contributed by atoms with Crippen molar-refractivity contribution in [2.75, 3.05) is 13.7 Å². The minimum atomic E-state index is -0.651. The van der Waals surface area contributed by atoms with Gasteiger partial charge in [-0.25, -0.2) is 0 Å². The van der Waals surface area contributed by atoms with Crippen LogP contribution in [0.1, 0.15) is 74.2 Å². The summed E-state index contributed by atoms with van der Waals surface area (Å²) in [7, 11) is 1.62. The van der Waals surface area contributed by atoms with Crippen LogP contribution in [0.4, 0.5) is 0 Å². The standard InChI is InChI=1S/C26H32N2O4/c1-6-7-8-13-28-23(18-9-11-27-12-10-18)22(25(30)26(28)31)24(29)20-15-19(16(2)3)21(32-5)14-17(20)4/h9-12,14-16,23,29H,6-8,13H2,1-5H3/b24-22+. The molecule has 1 unspecified atom stereocenters. The second kappa shape index (κ2) is 9.98. The molecule has 0 radical (unpaired) electrons. The van der Waals surface area contributed by atoms with Gasteiger partial charge in [0.2, 0.25) is 0 Å². The molecule has 2 heterocycles. The highest BCUT2D eigenvalue weighted by molar-refractivity contribution is 6.46. The number of hydrogen-bond acceptors (Lipinski definition) is 5. The minimum absolute atomic E-state index is 0.126. The molecule has 1 atom stereocenters. The number of Topliss-reactive ketones (excluding diaryl/α,β-unsaturated/α-hetero) is 1. The molecule has 6 heteroatoms. The number of likely N-dealkylation sites (tertiary alicyclic amines) is 1. The molecule has 0 aliphatic carbocycles. The lowest BCUT2D eigenvalue weighted by atomic mass is 9.91. The summed E-state index contributed by atoms with van der Waals surface area (Å²) in [6.07, 6.45) is 6.03. The van der Waals surface area contributed by atoms with E-state index >= 15 is 0 Å². The maximum absolute atomic E-state index is 13.2. The Labute approximate surface area is 189 Å². The Morgan fingerprint density at radius 3 is 2.47 bits per heavy atom. The number of hydrogen-bond donors (Lipinski definition) is 1. The summed E-state index contributed by atoms with van der Waals surface area (Å²) in [5, 5.41) is 11.4. The van der Waals surface area contributed by atoms with Crippen LogP contribution in [0.25, 0.3) is 5.76 Å². The van der Waals surface area contributed by atoms with E-state index in [9.17, 15) is 14.7 Å². The van der Waals surface area contributed by atoms with Gasteiger partial charge in [-0.2, -0.15) is 0 Å². The number of carbonyl (C=O) groups is 2. The van der Waals surface area contributed by atoms with Crippen LogP contribution in [0.5, 0.6) is 5.75 Å². The summed E-state index contributed by atoms with van der Waals surface area (Å²) in [5.41, 5.74) is 3.12. The molecular weight excluding hydrogens is 404 g/mol. The Bertz CT molecular complexity index is 1030. The Morgan fingerprint density at radius 2 is 1.88 bits per heavy atom. The Kier molecular flexibility index (Phi) is 7.33. The van der Waals surface area contributed by atoms with E-state index in [1.165, 1.54) is 0 Å². The largest absolute Gasteiger partial charge is 0.507 e. The van der Waals surface area contributed by atoms with Crippen molar-refractivity contribution in [3.63, 3.8) is 0 Å². The van der Waals surface area contributed by atoms with Crippen LogP contribution in [0.3, 0.4) is 0 Å². The Morgan fingerprint density at radius 1 is 1.19 bits per heavy atom. The van der Waals surface area contributed by atoms with Gasteiger partial charge in [-0.15, -0.1) is 0 Å². The monoisotopic (exact) mass is 436 g/mol. The van der Waals surface area contributed by atoms with Crippen molar-refractivity contribution in [2.24, 2.45) is 0 Å². The summed E-state index contributed by atoms with van der Waals surface area (Å²) in [4.78, 5) is 31.8. The average molecular weight is 437 g/mol. The fourth-order valence-electron chi connectivity index (χ4n) is 4.26. The highest BCUT2D eigenvalue weighted by atomic mass is 16.5. The number of benzene rings is 1. The van der Waals surface area contributed by atoms with Crippen molar-refractivity contribution in [3.05, 3.63) is 64.5 Å². The minimum Gasteiger partial charge on any atom is -0.507 e. The predicted octanol–water partition coefficient (Wildman–Crippen LogP) is 5.13. The van der Waals surface area contributed by atoms with Crippen LogP contribution in [0.2, 0.25) is 0 Å². The lowest BCUT2D eigenvalue weighted by Crippen LogP contribution is -2.30. The number of aliphatic hydroxyl groups excluding tert-OH is 1. The summed E-state index contributed by atoms with van der Waals surface area (Å²) in [6, 6.07) is 6.67. The number of aromatic nitrogens is 1. The predicted molar refractivity (Wildman–Crippen MR) is 125 cm³/mol. The molecule has 0 spiro atoms. The first kappa shape index (κ1) is 23.5. The highest BCUT2D eigenvalue weighted by Crippen LogP contribution is 2.41. The maximum atomic E-state index is 13.2. The van der Waals surface area contributed by atoms with Gasteiger partial charge >= 0.3 is 0 Å². The SMILES string of the molecule is CCCCCN1C(=O)C(=O)/C(=C(/O)c2cc(C(C)C)c(OC)cc2C)C1c1ccncc1. The number of aryl methyl sites for hydroxylation is 1. The summed E-state index contributed by atoms with van der Waals surface area (Å²) < 4.78 is 5.51. The van der Waals surface area contributed by atoms with E-state index in [2.05, 4.69) is 11.9 Å². The lowest BCUT2D eigenvalue weighted by molar-refractivity contribution is -0.139. The Hall–Kier alpha value is -3.15. The summed E-state index contributed by atoms with van der Waals surface area (Å²) in [6.45, 7) is 8.50. The van der Waals surface area contributed by atoms with E-state index in [0.29, 0.717) is 12.1 Å². The van der Waals surface area contributed by atoms with Gasteiger partial charge in [-0.1, -0.05) is 33.6 Å². The molecule has 0 saturated carbocycles. The number of carbonyl (C=O) groups excluding carboxylic acids is 2. The second-order valence-electron chi connectivity index (χ2n) is 8.54. The van der Waals surface area contributed by atoms with Crippen molar-refractivity contribution in [1.82, 2.24) is 9.88 Å². The molecule has 1 aromatic carbocycles. The number of ether oxygens (including phenoxy) is 1. The van der Waals surface area contributed by atoms with Crippen LogP contribution in [-0.4, -0.2) is 40.3 Å². The number of ketones is 1. The third-order valence-corrected chi connectivity index (χ3v) is 6.02. The van der Waals surface area contributed by atoms with Gasteiger partial charge in [-0.3, -0.25) is 14.6 Å². The molecule has 0 bridgehead atoms. The van der Waals surface area contributed by atoms with Crippen LogP contribution in [0, 0.1) is 6.92 Å². The van der Waals surface area contributed by atoms with E-state index in [-0.39, 0.29) is 17.3 Å². The molecule has 6 nitrogen and oxygen atoms in total. The number of aliphatic hydroxyl groups is 1. The van der Waals surface area contributed by atoms with Gasteiger partial charge in [0.05, 0.1) is 18.7 Å². The molecule has 170 valence electrons. The van der Waals surface area contributed by atoms with E-state index in [1.807, 2.05) is 32.9 Å². The van der Waals surface area contributed by atoms with Gasteiger partial charge in [0.25, 0.3) is 11.7 Å². The van der Waals surface area contributed by atoms with E-state index in [0.717, 1.165) is 41.7 Å². The summed E-state index contributed by atoms with van der Waals surface area (Å²) >= 11 is 0. The lowest BCUT2D eigenvalue weighted by Gasteiger charge is -2.25. The summed E-state index contributed by atoms with van der Waals surface area (Å²) in [5.74, 6) is -0.476. The fraction of sp³-hybridized carbons (Fsp3) is 0.423. The molecule has 1 amide bonds. The van der Waals surface area contributed by atoms with Gasteiger partial charge in [0, 0.05) is 24.5 Å². The molecule has 3 rings (SSSR count). The second-order valence-corrected chi connectivity index (χ2v) is 8.54. The van der Waals surface area contributed by atoms with Crippen LogP contribution in [-0.2, 0) is 9.59 Å². The number of methoxy groups -OCH3 is 1. The normalized spacial score (nSPS) is 17.9. The molecule has 1 saturated heterocycles. The zero-order valence-electron chi connectivity index (χ0n) is 19.5. The molecular formula is C26H32N2O4. The highest BCUT2D eigenvalue weighted by Gasteiger charge is 2.45. The number of unbranched alkanes of at least 4 members (excludes halogenated alkanes) is 2. The number of nitrogens with zero attached hydrogens (tertiary/aromatic N) is 2. The van der Waals surface area contributed by atoms with Crippen LogP contribution >= 0.6 is 0 Å². The van der Waals surface area contributed by atoms with Gasteiger partial charge < -0.3 is 14.7 Å². The topological polar surface area (TPSA) is 79.7 Å². The fourth-order valence-corrected chi connectivity index (χ4v) is 4.26. The first-order valence-corrected chi connectivity index (χ1v) is 11.2. The Balaban J connectivity index is 2.19. The van der Waals surface area contributed by atoms with E-state index in [4.69, 9.17) is 4.74 Å². The molecule has 32 heavy (non-hydrogen) atoms. The van der Waals surface area contributed by atoms with Gasteiger partial charge in [-0.05, 0) is 60.2 Å². The van der Waals surface area contributed by atoms with Crippen molar-refractivity contribution < 1.29 is 19.4 Å². The molecule has 1 fully saturated rings. The smallest absolute Gasteiger partial charge is 0.295 e. The molecule has 1 aliphatic heterocycles. The van der Waals surface area contributed by atoms with Crippen LogP contribution < -0.4 is 4.74 Å². The maximum Gasteiger partial charge on any atom is 0.295 e. The number of rotatable bonds is 8. The first-order valence-electron chi connectivity index (χ1n) is 11.2. The molecule has 2 aromatic rings. The van der Waals surface area contributed by atoms with Crippen molar-refractivity contribution in [1.29, 1.82) is 0 Å². The third kappa shape index (κ3) is 4.40. The van der Waals surface area contributed by atoms with Crippen molar-refractivity contribution in [2.45, 2.75) is 58.9 Å². The van der Waals surface area contributed by atoms with Crippen LogP contribution in [0.15, 0.2) is 42.2 Å². The first-order chi connectivity index (χ1) is 15.3. The zero-order chi connectivity index (χ0) is 23.4. The van der Waals surface area contributed by atoms with Gasteiger partial charge in [0.1, 0.15) is 11.5 Å².